The van der Waals surface area contributed by atoms with Gasteiger partial charge in [0, 0.05) is 52.4 Å². The number of hydrogen-bond donors (Lipinski definition) is 2. The average Bonchev–Trinajstić information content (AvgIpc) is 3.40. The van der Waals surface area contributed by atoms with E-state index in [-0.39, 0.29) is 0 Å². The maximum Gasteiger partial charge on any atom is 0.489 e. The third-order valence-corrected chi connectivity index (χ3v) is 16.2. The van der Waals surface area contributed by atoms with E-state index in [9.17, 15) is 0 Å². The highest BCUT2D eigenvalue weighted by Gasteiger charge is 2.65. The van der Waals surface area contributed by atoms with Crippen LogP contribution in [-0.4, -0.2) is 71.0 Å². The van der Waals surface area contributed by atoms with Gasteiger partial charge in [0.05, 0.1) is 6.20 Å². The average molecular weight is 361 g/mol. The number of hydrogen-bond acceptors (Lipinski definition) is 9. The third-order valence-electron chi connectivity index (χ3n) is 4.53. The molecule has 120 valence electrons. The van der Waals surface area contributed by atoms with Crippen LogP contribution in [0.25, 0.3) is 0 Å². The first-order chi connectivity index (χ1) is 10.7. The van der Waals surface area contributed by atoms with Crippen molar-refractivity contribution in [3.63, 3.8) is 0 Å². The molecule has 0 radical (unpaired) electrons. The molecule has 6 aliphatic heterocycles. The second-order valence-corrected chi connectivity index (χ2v) is 14.6. The third kappa shape index (κ3) is 1.83. The Morgan fingerprint density at radius 1 is 0.909 bits per heavy atom. The van der Waals surface area contributed by atoms with E-state index in [2.05, 4.69) is 28.6 Å². The highest BCUT2D eigenvalue weighted by molar-refractivity contribution is 7.87. The summed E-state index contributed by atoms with van der Waals surface area (Å²) in [6.07, 6.45) is 3.65. The molecule has 12 heteroatoms. The van der Waals surface area contributed by atoms with Crippen LogP contribution in [0, 0.1) is 0 Å². The molecule has 1 spiro atoms. The van der Waals surface area contributed by atoms with Crippen molar-refractivity contribution < 1.29 is 4.52 Å². The lowest BCUT2D eigenvalue weighted by molar-refractivity contribution is 0.522. The number of nitrogens with zero attached hydrogens (tertiary/aromatic N) is 6. The van der Waals surface area contributed by atoms with Gasteiger partial charge in [0.15, 0.2) is 6.26 Å². The summed E-state index contributed by atoms with van der Waals surface area (Å²) in [4.78, 5) is 3.81. The van der Waals surface area contributed by atoms with Crippen LogP contribution in [0.5, 0.6) is 0 Å². The van der Waals surface area contributed by atoms with Crippen LogP contribution >= 0.6 is 23.0 Å². The molecule has 6 heterocycles. The van der Waals surface area contributed by atoms with Crippen molar-refractivity contribution in [3.8, 4) is 0 Å². The van der Waals surface area contributed by atoms with Crippen LogP contribution < -0.4 is 9.95 Å². The standard InChI is InChI=1S/C10H20N8OP3/c1-10-19-20(11-1)12-21(15-2-3-15,16-4-5-16)14-22(13-20,17-6-7-17)18-8-9-18/h1,10-12H,2-9H2/q+1. The zero-order chi connectivity index (χ0) is 14.4. The molecule has 6 rings (SSSR count). The summed E-state index contributed by atoms with van der Waals surface area (Å²) in [5.41, 5.74) is 0. The molecule has 1 atom stereocenters. The Labute approximate surface area is 130 Å². The van der Waals surface area contributed by atoms with E-state index in [4.69, 9.17) is 13.6 Å². The molecule has 0 aromatic carbocycles. The lowest BCUT2D eigenvalue weighted by Crippen LogP contribution is -2.29. The van der Waals surface area contributed by atoms with E-state index >= 15 is 0 Å². The SMILES string of the molecule is C1=CO[P+]2(N=P(N3CC3)(N3CC3)N=P(N3CC3)(N3CC3)N2)N1. The Bertz CT molecular complexity index is 638. The van der Waals surface area contributed by atoms with Gasteiger partial charge in [0.25, 0.3) is 7.51 Å². The van der Waals surface area contributed by atoms with Crippen molar-refractivity contribution in [3.05, 3.63) is 12.5 Å². The molecule has 0 aliphatic carbocycles. The molecule has 0 bridgehead atoms. The van der Waals surface area contributed by atoms with Crippen molar-refractivity contribution in [2.45, 2.75) is 0 Å². The minimum Gasteiger partial charge on any atom is -0.285 e. The molecule has 9 nitrogen and oxygen atoms in total. The van der Waals surface area contributed by atoms with Crippen LogP contribution in [0.15, 0.2) is 21.5 Å². The summed E-state index contributed by atoms with van der Waals surface area (Å²) in [7, 11) is -5.96. The van der Waals surface area contributed by atoms with E-state index in [1.807, 2.05) is 6.20 Å². The van der Waals surface area contributed by atoms with Gasteiger partial charge < -0.3 is 0 Å². The lowest BCUT2D eigenvalue weighted by Gasteiger charge is -2.36. The first kappa shape index (κ1) is 13.3. The maximum atomic E-state index is 6.03. The molecule has 0 aromatic heterocycles. The Morgan fingerprint density at radius 3 is 1.95 bits per heavy atom. The first-order valence-corrected chi connectivity index (χ1v) is 12.7. The minimum absolute atomic E-state index is 1.13. The first-order valence-electron chi connectivity index (χ1n) is 7.84. The Kier molecular flexibility index (Phi) is 2.52. The predicted molar refractivity (Wildman–Crippen MR) is 88.4 cm³/mol. The van der Waals surface area contributed by atoms with E-state index in [0.717, 1.165) is 52.4 Å². The minimum atomic E-state index is -2.19. The largest absolute Gasteiger partial charge is 0.489 e. The molecule has 2 N–H and O–H groups in total. The summed E-state index contributed by atoms with van der Waals surface area (Å²) in [6.45, 7) is 9.11. The quantitative estimate of drug-likeness (QED) is 0.581. The van der Waals surface area contributed by atoms with Crippen molar-refractivity contribution >= 4 is 23.0 Å². The monoisotopic (exact) mass is 361 g/mol. The van der Waals surface area contributed by atoms with E-state index < -0.39 is 23.0 Å². The fraction of sp³-hybridized carbons (Fsp3) is 0.800. The van der Waals surface area contributed by atoms with E-state index in [1.54, 1.807) is 6.26 Å². The normalized spacial score (nSPS) is 41.5. The van der Waals surface area contributed by atoms with Gasteiger partial charge in [-0.3, -0.25) is 4.52 Å². The van der Waals surface area contributed by atoms with Crippen molar-refractivity contribution in [2.24, 2.45) is 9.03 Å². The van der Waals surface area contributed by atoms with Gasteiger partial charge in [-0.2, -0.15) is 9.60 Å². The van der Waals surface area contributed by atoms with Crippen LogP contribution in [0.2, 0.25) is 0 Å². The Balaban J connectivity index is 1.58. The van der Waals surface area contributed by atoms with Gasteiger partial charge in [-0.15, -0.1) is 0 Å². The summed E-state index contributed by atoms with van der Waals surface area (Å²) in [6, 6.07) is 0. The van der Waals surface area contributed by atoms with Crippen molar-refractivity contribution in [1.82, 2.24) is 28.6 Å². The number of nitrogens with one attached hydrogen (secondary N) is 2. The van der Waals surface area contributed by atoms with Crippen molar-refractivity contribution in [1.29, 1.82) is 0 Å². The van der Waals surface area contributed by atoms with Gasteiger partial charge in [-0.05, 0) is 4.52 Å². The van der Waals surface area contributed by atoms with Crippen LogP contribution in [0.4, 0.5) is 0 Å². The van der Waals surface area contributed by atoms with Gasteiger partial charge in [0.2, 0.25) is 7.51 Å². The maximum absolute atomic E-state index is 6.03. The summed E-state index contributed by atoms with van der Waals surface area (Å²) >= 11 is 0. The topological polar surface area (TPSA) is 70.0 Å². The Morgan fingerprint density at radius 2 is 1.50 bits per heavy atom. The Hall–Kier alpha value is 0.0300. The molecule has 0 aromatic rings. The highest BCUT2D eigenvalue weighted by atomic mass is 31.3. The highest BCUT2D eigenvalue weighted by Crippen LogP contribution is 2.85. The van der Waals surface area contributed by atoms with Crippen LogP contribution in [0.3, 0.4) is 0 Å². The molecular formula is C10H20N8OP3+. The molecular weight excluding hydrogens is 341 g/mol. The zero-order valence-electron chi connectivity index (χ0n) is 12.2. The smallest absolute Gasteiger partial charge is 0.285 e. The molecule has 22 heavy (non-hydrogen) atoms. The van der Waals surface area contributed by atoms with Gasteiger partial charge in [0.1, 0.15) is 0 Å². The summed E-state index contributed by atoms with van der Waals surface area (Å²) in [5.74, 6) is 0. The molecule has 0 saturated carbocycles. The summed E-state index contributed by atoms with van der Waals surface area (Å²) < 4.78 is 26.9. The molecule has 0 amide bonds. The summed E-state index contributed by atoms with van der Waals surface area (Å²) in [5, 5.41) is 3.43. The molecule has 4 saturated heterocycles. The van der Waals surface area contributed by atoms with Gasteiger partial charge in [-0.1, -0.05) is 4.86 Å². The second kappa shape index (κ2) is 4.16. The zero-order valence-corrected chi connectivity index (χ0v) is 14.9. The second-order valence-electron chi connectivity index (χ2n) is 6.31. The van der Waals surface area contributed by atoms with Crippen LogP contribution in [-0.2, 0) is 4.52 Å². The molecule has 4 fully saturated rings. The van der Waals surface area contributed by atoms with Crippen molar-refractivity contribution in [2.75, 3.05) is 52.4 Å². The van der Waals surface area contributed by atoms with Gasteiger partial charge in [-0.25, -0.2) is 18.7 Å². The van der Waals surface area contributed by atoms with E-state index in [1.165, 1.54) is 0 Å². The van der Waals surface area contributed by atoms with Gasteiger partial charge >= 0.3 is 7.94 Å². The number of rotatable bonds is 4. The molecule has 6 aliphatic rings. The molecule has 1 unspecified atom stereocenters. The lowest BCUT2D eigenvalue weighted by atomic mass is 11.0. The fourth-order valence-corrected chi connectivity index (χ4v) is 17.0. The fourth-order valence-electron chi connectivity index (χ4n) is 3.05. The van der Waals surface area contributed by atoms with E-state index in [0.29, 0.717) is 0 Å². The van der Waals surface area contributed by atoms with Crippen LogP contribution in [0.1, 0.15) is 0 Å². The predicted octanol–water partition coefficient (Wildman–Crippen LogP) is 1.51.